The molecule has 3 nitrogen and oxygen atoms in total. The Morgan fingerprint density at radius 3 is 2.94 bits per heavy atom. The molecule has 0 unspecified atom stereocenters. The zero-order valence-electron chi connectivity index (χ0n) is 9.85. The minimum atomic E-state index is -0.125. The number of benzene rings is 1. The predicted octanol–water partition coefficient (Wildman–Crippen LogP) is 2.83. The minimum Gasteiger partial charge on any atom is -0.508 e. The fourth-order valence-electron chi connectivity index (χ4n) is 3.12. The Morgan fingerprint density at radius 1 is 1.29 bits per heavy atom. The standard InChI is InChI=1S/C14H16O3/c1-8-2-4-10-11-5-3-9(15)7-13(11)17-14(16)12(10)6-8/h3,5,7-8,10,12,15H,2,4,6H2,1H3/t8-,10+,12+/m1/s1. The Morgan fingerprint density at radius 2 is 2.12 bits per heavy atom. The lowest BCUT2D eigenvalue weighted by Crippen LogP contribution is -2.35. The molecule has 1 saturated carbocycles. The molecule has 3 atom stereocenters. The predicted molar refractivity (Wildman–Crippen MR) is 63.0 cm³/mol. The number of ether oxygens (including phenoxy) is 1. The Bertz CT molecular complexity index is 467. The molecule has 1 N–H and O–H groups in total. The first kappa shape index (κ1) is 10.6. The largest absolute Gasteiger partial charge is 0.508 e. The van der Waals surface area contributed by atoms with E-state index in [9.17, 15) is 9.90 Å². The fourth-order valence-corrected chi connectivity index (χ4v) is 3.12. The quantitative estimate of drug-likeness (QED) is 0.552. The molecule has 0 bridgehead atoms. The molecule has 1 fully saturated rings. The van der Waals surface area contributed by atoms with Crippen molar-refractivity contribution in [1.82, 2.24) is 0 Å². The van der Waals surface area contributed by atoms with Gasteiger partial charge in [-0.05, 0) is 30.4 Å². The number of hydrogen-bond acceptors (Lipinski definition) is 3. The molecule has 0 amide bonds. The summed E-state index contributed by atoms with van der Waals surface area (Å²) in [5, 5.41) is 9.42. The van der Waals surface area contributed by atoms with E-state index in [-0.39, 0.29) is 23.6 Å². The molecule has 0 radical (unpaired) electrons. The van der Waals surface area contributed by atoms with Crippen LogP contribution in [-0.4, -0.2) is 11.1 Å². The van der Waals surface area contributed by atoms with E-state index in [1.807, 2.05) is 6.07 Å². The summed E-state index contributed by atoms with van der Waals surface area (Å²) in [5.41, 5.74) is 1.08. The van der Waals surface area contributed by atoms with E-state index in [0.29, 0.717) is 11.7 Å². The van der Waals surface area contributed by atoms with Crippen LogP contribution < -0.4 is 4.74 Å². The number of phenolic OH excluding ortho intramolecular Hbond substituents is 1. The summed E-state index contributed by atoms with van der Waals surface area (Å²) < 4.78 is 5.33. The molecule has 17 heavy (non-hydrogen) atoms. The molecule has 0 aromatic heterocycles. The van der Waals surface area contributed by atoms with Crippen molar-refractivity contribution in [3.8, 4) is 11.5 Å². The minimum absolute atomic E-state index is 0.00999. The van der Waals surface area contributed by atoms with Crippen LogP contribution in [-0.2, 0) is 4.79 Å². The van der Waals surface area contributed by atoms with Crippen LogP contribution in [0.4, 0.5) is 0 Å². The highest BCUT2D eigenvalue weighted by molar-refractivity contribution is 5.79. The number of carbonyl (C=O) groups excluding carboxylic acids is 1. The number of rotatable bonds is 0. The summed E-state index contributed by atoms with van der Waals surface area (Å²) in [7, 11) is 0. The average Bonchev–Trinajstić information content (AvgIpc) is 2.29. The molecule has 3 heteroatoms. The van der Waals surface area contributed by atoms with E-state index in [2.05, 4.69) is 6.92 Å². The second-order valence-corrected chi connectivity index (χ2v) is 5.27. The van der Waals surface area contributed by atoms with Crippen molar-refractivity contribution in [3.63, 3.8) is 0 Å². The van der Waals surface area contributed by atoms with E-state index < -0.39 is 0 Å². The van der Waals surface area contributed by atoms with Gasteiger partial charge in [-0.1, -0.05) is 19.4 Å². The molecule has 1 aromatic carbocycles. The lowest BCUT2D eigenvalue weighted by molar-refractivity contribution is -0.143. The molecule has 0 spiro atoms. The fraction of sp³-hybridized carbons (Fsp3) is 0.500. The van der Waals surface area contributed by atoms with Crippen molar-refractivity contribution in [2.45, 2.75) is 32.1 Å². The highest BCUT2D eigenvalue weighted by atomic mass is 16.5. The highest BCUT2D eigenvalue weighted by Crippen LogP contribution is 2.47. The van der Waals surface area contributed by atoms with Gasteiger partial charge in [-0.3, -0.25) is 4.79 Å². The summed E-state index contributed by atoms with van der Waals surface area (Å²) in [6.45, 7) is 2.19. The Kier molecular flexibility index (Phi) is 2.35. The third-order valence-corrected chi connectivity index (χ3v) is 4.02. The molecule has 1 aliphatic heterocycles. The molecule has 90 valence electrons. The van der Waals surface area contributed by atoms with Gasteiger partial charge >= 0.3 is 5.97 Å². The maximum absolute atomic E-state index is 11.9. The number of phenols is 1. The molecule has 3 rings (SSSR count). The average molecular weight is 232 g/mol. The number of fused-ring (bicyclic) bond motifs is 3. The van der Waals surface area contributed by atoms with Crippen LogP contribution >= 0.6 is 0 Å². The van der Waals surface area contributed by atoms with Crippen LogP contribution in [0.1, 0.15) is 37.7 Å². The summed E-state index contributed by atoms with van der Waals surface area (Å²) >= 11 is 0. The van der Waals surface area contributed by atoms with Crippen molar-refractivity contribution >= 4 is 5.97 Å². The van der Waals surface area contributed by atoms with Crippen molar-refractivity contribution in [2.24, 2.45) is 11.8 Å². The molecule has 2 aliphatic rings. The molecule has 1 aromatic rings. The zero-order valence-corrected chi connectivity index (χ0v) is 9.85. The van der Waals surface area contributed by atoms with E-state index in [0.717, 1.165) is 24.8 Å². The Labute approximate surface area is 100 Å². The zero-order chi connectivity index (χ0) is 12.0. The molecular formula is C14H16O3. The van der Waals surface area contributed by atoms with E-state index in [1.54, 1.807) is 12.1 Å². The lowest BCUT2D eigenvalue weighted by atomic mass is 9.70. The summed E-state index contributed by atoms with van der Waals surface area (Å²) in [4.78, 5) is 11.9. The van der Waals surface area contributed by atoms with Gasteiger partial charge in [-0.2, -0.15) is 0 Å². The van der Waals surface area contributed by atoms with Crippen molar-refractivity contribution in [3.05, 3.63) is 23.8 Å². The van der Waals surface area contributed by atoms with E-state index >= 15 is 0 Å². The monoisotopic (exact) mass is 232 g/mol. The lowest BCUT2D eigenvalue weighted by Gasteiger charge is -2.37. The molecular weight excluding hydrogens is 216 g/mol. The van der Waals surface area contributed by atoms with Crippen LogP contribution in [0, 0.1) is 11.8 Å². The maximum atomic E-state index is 11.9. The van der Waals surface area contributed by atoms with Gasteiger partial charge in [0.2, 0.25) is 0 Å². The second-order valence-electron chi connectivity index (χ2n) is 5.27. The molecule has 0 saturated heterocycles. The first-order chi connectivity index (χ1) is 8.15. The maximum Gasteiger partial charge on any atom is 0.314 e. The van der Waals surface area contributed by atoms with Crippen molar-refractivity contribution in [1.29, 1.82) is 0 Å². The first-order valence-electron chi connectivity index (χ1n) is 6.20. The van der Waals surface area contributed by atoms with Gasteiger partial charge in [0.1, 0.15) is 11.5 Å². The van der Waals surface area contributed by atoms with Gasteiger partial charge in [0.05, 0.1) is 5.92 Å². The smallest absolute Gasteiger partial charge is 0.314 e. The van der Waals surface area contributed by atoms with Crippen molar-refractivity contribution in [2.75, 3.05) is 0 Å². The van der Waals surface area contributed by atoms with Crippen LogP contribution in [0.15, 0.2) is 18.2 Å². The Balaban J connectivity index is 2.02. The SMILES string of the molecule is C[C@@H]1CC[C@H]2c3ccc(O)cc3OC(=O)[C@H]2C1. The summed E-state index contributed by atoms with van der Waals surface area (Å²) in [6, 6.07) is 5.11. The number of carbonyl (C=O) groups is 1. The second kappa shape index (κ2) is 3.76. The van der Waals surface area contributed by atoms with Crippen molar-refractivity contribution < 1.29 is 14.6 Å². The van der Waals surface area contributed by atoms with Gasteiger partial charge in [0, 0.05) is 12.0 Å². The summed E-state index contributed by atoms with van der Waals surface area (Å²) in [5.74, 6) is 1.46. The summed E-state index contributed by atoms with van der Waals surface area (Å²) in [6.07, 6.45) is 3.12. The topological polar surface area (TPSA) is 46.5 Å². The van der Waals surface area contributed by atoms with Crippen LogP contribution in [0.3, 0.4) is 0 Å². The van der Waals surface area contributed by atoms with Crippen LogP contribution in [0.5, 0.6) is 11.5 Å². The third-order valence-electron chi connectivity index (χ3n) is 4.02. The number of aromatic hydroxyl groups is 1. The van der Waals surface area contributed by atoms with E-state index in [1.165, 1.54) is 0 Å². The van der Waals surface area contributed by atoms with Gasteiger partial charge < -0.3 is 9.84 Å². The third kappa shape index (κ3) is 1.70. The first-order valence-corrected chi connectivity index (χ1v) is 6.20. The molecule has 1 aliphatic carbocycles. The number of esters is 1. The van der Waals surface area contributed by atoms with Crippen LogP contribution in [0.2, 0.25) is 0 Å². The van der Waals surface area contributed by atoms with Crippen LogP contribution in [0.25, 0.3) is 0 Å². The number of hydrogen-bond donors (Lipinski definition) is 1. The van der Waals surface area contributed by atoms with Gasteiger partial charge in [0.15, 0.2) is 0 Å². The molecule has 1 heterocycles. The van der Waals surface area contributed by atoms with Gasteiger partial charge in [0.25, 0.3) is 0 Å². The highest BCUT2D eigenvalue weighted by Gasteiger charge is 2.40. The van der Waals surface area contributed by atoms with Gasteiger partial charge in [-0.25, -0.2) is 0 Å². The normalized spacial score (nSPS) is 31.4. The van der Waals surface area contributed by atoms with E-state index in [4.69, 9.17) is 4.74 Å². The Hall–Kier alpha value is -1.51. The van der Waals surface area contributed by atoms with Gasteiger partial charge in [-0.15, -0.1) is 0 Å².